The molecule has 156 valence electrons. The normalized spacial score (nSPS) is 23.2. The molecule has 4 heterocycles. The van der Waals surface area contributed by atoms with Crippen LogP contribution in [0.2, 0.25) is 0 Å². The zero-order valence-corrected chi connectivity index (χ0v) is 17.5. The molecule has 2 amide bonds. The molecule has 28 heavy (non-hydrogen) atoms. The summed E-state index contributed by atoms with van der Waals surface area (Å²) in [5.41, 5.74) is 0.825. The van der Waals surface area contributed by atoms with E-state index in [4.69, 9.17) is 9.84 Å². The van der Waals surface area contributed by atoms with Gasteiger partial charge in [-0.3, -0.25) is 9.59 Å². The molecule has 0 radical (unpaired) electrons. The van der Waals surface area contributed by atoms with E-state index in [0.29, 0.717) is 24.6 Å². The molecule has 4 rings (SSSR count). The van der Waals surface area contributed by atoms with Crippen LogP contribution in [-0.2, 0) is 21.6 Å². The summed E-state index contributed by atoms with van der Waals surface area (Å²) < 4.78 is 6.25. The highest BCUT2D eigenvalue weighted by atomic mass is 35.5. The summed E-state index contributed by atoms with van der Waals surface area (Å²) >= 11 is 1.50. The molecule has 7 nitrogen and oxygen atoms in total. The summed E-state index contributed by atoms with van der Waals surface area (Å²) in [6.07, 6.45) is 4.36. The average molecular weight is 430 g/mol. The fraction of sp³-hybridized carbons (Fsp3) is 0.684. The highest BCUT2D eigenvalue weighted by Crippen LogP contribution is 2.45. The van der Waals surface area contributed by atoms with Crippen LogP contribution >= 0.6 is 23.7 Å². The van der Waals surface area contributed by atoms with E-state index in [1.54, 1.807) is 0 Å². The van der Waals surface area contributed by atoms with Gasteiger partial charge < -0.3 is 25.4 Å². The predicted molar refractivity (Wildman–Crippen MR) is 109 cm³/mol. The molecule has 0 aliphatic carbocycles. The quantitative estimate of drug-likeness (QED) is 0.665. The minimum atomic E-state index is -0.367. The van der Waals surface area contributed by atoms with E-state index in [0.717, 1.165) is 43.5 Å². The standard InChI is InChI=1S/C19H27N3O4S.ClH/c23-10-7-21-17(24)15-12-13-3-11-26-19(16(13)27-15)4-8-22(9-5-19)18(25)14-2-1-6-20-14;/h12,14,20,23H,1-11H2,(H,21,24);1H. The van der Waals surface area contributed by atoms with Gasteiger partial charge in [-0.25, -0.2) is 0 Å². The monoisotopic (exact) mass is 429 g/mol. The first-order valence-electron chi connectivity index (χ1n) is 9.81. The topological polar surface area (TPSA) is 90.9 Å². The summed E-state index contributed by atoms with van der Waals surface area (Å²) in [6.45, 7) is 3.16. The van der Waals surface area contributed by atoms with Gasteiger partial charge in [0.2, 0.25) is 5.91 Å². The van der Waals surface area contributed by atoms with Crippen molar-refractivity contribution in [3.05, 3.63) is 21.4 Å². The Morgan fingerprint density at radius 3 is 2.86 bits per heavy atom. The van der Waals surface area contributed by atoms with Crippen molar-refractivity contribution in [2.24, 2.45) is 0 Å². The van der Waals surface area contributed by atoms with E-state index in [1.807, 2.05) is 11.0 Å². The molecular weight excluding hydrogens is 402 g/mol. The number of nitrogens with zero attached hydrogens (tertiary/aromatic N) is 1. The minimum Gasteiger partial charge on any atom is -0.395 e. The van der Waals surface area contributed by atoms with Crippen LogP contribution in [0.3, 0.4) is 0 Å². The summed E-state index contributed by atoms with van der Waals surface area (Å²) in [4.78, 5) is 28.7. The van der Waals surface area contributed by atoms with E-state index < -0.39 is 0 Å². The van der Waals surface area contributed by atoms with Crippen LogP contribution in [0.15, 0.2) is 6.07 Å². The van der Waals surface area contributed by atoms with Crippen molar-refractivity contribution >= 4 is 35.6 Å². The van der Waals surface area contributed by atoms with Crippen molar-refractivity contribution in [2.75, 3.05) is 39.4 Å². The first-order chi connectivity index (χ1) is 13.1. The molecule has 1 spiro atoms. The van der Waals surface area contributed by atoms with Gasteiger partial charge in [0.1, 0.15) is 5.60 Å². The molecule has 2 fully saturated rings. The first kappa shape index (κ1) is 21.5. The van der Waals surface area contributed by atoms with Gasteiger partial charge in [0.25, 0.3) is 5.91 Å². The first-order valence-corrected chi connectivity index (χ1v) is 10.6. The second-order valence-corrected chi connectivity index (χ2v) is 8.56. The Hall–Kier alpha value is -1.19. The van der Waals surface area contributed by atoms with Crippen molar-refractivity contribution in [3.8, 4) is 0 Å². The molecule has 0 saturated carbocycles. The molecule has 1 unspecified atom stereocenters. The molecule has 3 aliphatic heterocycles. The fourth-order valence-corrected chi connectivity index (χ4v) is 5.69. The lowest BCUT2D eigenvalue weighted by Gasteiger charge is -2.44. The summed E-state index contributed by atoms with van der Waals surface area (Å²) in [7, 11) is 0. The second-order valence-electron chi connectivity index (χ2n) is 7.51. The minimum absolute atomic E-state index is 0. The zero-order valence-electron chi connectivity index (χ0n) is 15.9. The number of hydrogen-bond donors (Lipinski definition) is 3. The number of thiophene rings is 1. The molecule has 0 aromatic carbocycles. The highest BCUT2D eigenvalue weighted by molar-refractivity contribution is 7.14. The van der Waals surface area contributed by atoms with E-state index >= 15 is 0 Å². The maximum absolute atomic E-state index is 12.7. The van der Waals surface area contributed by atoms with Crippen LogP contribution in [0.1, 0.15) is 45.8 Å². The largest absolute Gasteiger partial charge is 0.395 e. The van der Waals surface area contributed by atoms with Crippen LogP contribution in [-0.4, -0.2) is 67.3 Å². The lowest BCUT2D eigenvalue weighted by molar-refractivity contribution is -0.142. The molecule has 0 bridgehead atoms. The van der Waals surface area contributed by atoms with E-state index in [9.17, 15) is 9.59 Å². The second kappa shape index (κ2) is 9.09. The third kappa shape index (κ3) is 4.07. The van der Waals surface area contributed by atoms with Gasteiger partial charge >= 0.3 is 0 Å². The number of aliphatic hydroxyl groups is 1. The van der Waals surface area contributed by atoms with Crippen molar-refractivity contribution in [1.82, 2.24) is 15.5 Å². The van der Waals surface area contributed by atoms with Crippen LogP contribution in [0.5, 0.6) is 0 Å². The van der Waals surface area contributed by atoms with Crippen molar-refractivity contribution in [2.45, 2.75) is 43.7 Å². The lowest BCUT2D eigenvalue weighted by atomic mass is 9.85. The zero-order chi connectivity index (χ0) is 18.9. The summed E-state index contributed by atoms with van der Waals surface area (Å²) in [5, 5.41) is 14.9. The van der Waals surface area contributed by atoms with Crippen LogP contribution in [0.25, 0.3) is 0 Å². The SMILES string of the molecule is Cl.O=C(NCCO)c1cc2c(s1)C1(CCN(C(=O)C3CCCN3)CC1)OCC2. The molecule has 3 aliphatic rings. The van der Waals surface area contributed by atoms with Crippen LogP contribution in [0.4, 0.5) is 0 Å². The number of rotatable bonds is 4. The number of hydrogen-bond acceptors (Lipinski definition) is 6. The molecule has 1 atom stereocenters. The van der Waals surface area contributed by atoms with Gasteiger partial charge in [-0.1, -0.05) is 0 Å². The third-order valence-electron chi connectivity index (χ3n) is 5.83. The Balaban J connectivity index is 0.00000225. The average Bonchev–Trinajstić information content (AvgIpc) is 3.37. The molecule has 1 aromatic rings. The maximum atomic E-state index is 12.7. The number of aliphatic hydroxyl groups excluding tert-OH is 1. The number of ether oxygens (including phenoxy) is 1. The lowest BCUT2D eigenvalue weighted by Crippen LogP contribution is -2.51. The highest BCUT2D eigenvalue weighted by Gasteiger charge is 2.44. The number of carbonyl (C=O) groups is 2. The van der Waals surface area contributed by atoms with Gasteiger partial charge in [0, 0.05) is 24.5 Å². The Bertz CT molecular complexity index is 712. The van der Waals surface area contributed by atoms with Crippen molar-refractivity contribution in [3.63, 3.8) is 0 Å². The third-order valence-corrected chi connectivity index (χ3v) is 7.20. The number of amides is 2. The van der Waals surface area contributed by atoms with Crippen molar-refractivity contribution in [1.29, 1.82) is 0 Å². The number of fused-ring (bicyclic) bond motifs is 2. The van der Waals surface area contributed by atoms with Gasteiger partial charge in [-0.05, 0) is 50.3 Å². The smallest absolute Gasteiger partial charge is 0.261 e. The molecular formula is C19H28ClN3O4S. The number of nitrogens with one attached hydrogen (secondary N) is 2. The predicted octanol–water partition coefficient (Wildman–Crippen LogP) is 1.03. The van der Waals surface area contributed by atoms with Gasteiger partial charge in [-0.2, -0.15) is 0 Å². The maximum Gasteiger partial charge on any atom is 0.261 e. The summed E-state index contributed by atoms with van der Waals surface area (Å²) in [6, 6.07) is 1.95. The van der Waals surface area contributed by atoms with E-state index in [2.05, 4.69) is 10.6 Å². The van der Waals surface area contributed by atoms with Gasteiger partial charge in [0.15, 0.2) is 0 Å². The van der Waals surface area contributed by atoms with E-state index in [1.165, 1.54) is 16.9 Å². The van der Waals surface area contributed by atoms with Gasteiger partial charge in [-0.15, -0.1) is 23.7 Å². The van der Waals surface area contributed by atoms with E-state index in [-0.39, 0.29) is 49.0 Å². The Morgan fingerprint density at radius 2 is 2.18 bits per heavy atom. The fourth-order valence-electron chi connectivity index (χ4n) is 4.37. The van der Waals surface area contributed by atoms with Crippen LogP contribution < -0.4 is 10.6 Å². The van der Waals surface area contributed by atoms with Gasteiger partial charge in [0.05, 0.1) is 24.1 Å². The Morgan fingerprint density at radius 1 is 1.39 bits per heavy atom. The van der Waals surface area contributed by atoms with Crippen molar-refractivity contribution < 1.29 is 19.4 Å². The number of likely N-dealkylation sites (tertiary alicyclic amines) is 1. The molecule has 9 heteroatoms. The Labute approximate surface area is 175 Å². The Kier molecular flexibility index (Phi) is 6.98. The number of halogens is 1. The molecule has 3 N–H and O–H groups in total. The summed E-state index contributed by atoms with van der Waals surface area (Å²) in [5.74, 6) is 0.0761. The van der Waals surface area contributed by atoms with Crippen LogP contribution in [0, 0.1) is 0 Å². The molecule has 2 saturated heterocycles. The molecule has 1 aromatic heterocycles. The number of carbonyl (C=O) groups excluding carboxylic acids is 2. The number of piperidine rings is 1.